The summed E-state index contributed by atoms with van der Waals surface area (Å²) in [6.45, 7) is 9.48. The van der Waals surface area contributed by atoms with Gasteiger partial charge in [0.2, 0.25) is 0 Å². The lowest BCUT2D eigenvalue weighted by Gasteiger charge is -2.16. The van der Waals surface area contributed by atoms with Gasteiger partial charge >= 0.3 is 0 Å². The molecule has 2 aromatic heterocycles. The van der Waals surface area contributed by atoms with Crippen molar-refractivity contribution in [1.29, 1.82) is 0 Å². The second-order valence-corrected chi connectivity index (χ2v) is 14.9. The Hall–Kier alpha value is -2.90. The van der Waals surface area contributed by atoms with Crippen LogP contribution in [0.4, 0.5) is 0 Å². The van der Waals surface area contributed by atoms with Crippen molar-refractivity contribution in [2.75, 3.05) is 6.61 Å². The van der Waals surface area contributed by atoms with Gasteiger partial charge in [-0.15, -0.1) is 5.10 Å². The summed E-state index contributed by atoms with van der Waals surface area (Å²) in [7, 11) is -1.50. The van der Waals surface area contributed by atoms with Crippen molar-refractivity contribution < 1.29 is 4.74 Å². The van der Waals surface area contributed by atoms with E-state index in [1.165, 1.54) is 5.56 Å². The molecule has 0 fully saturated rings. The molecule has 0 bridgehead atoms. The molecule has 6 nitrogen and oxygen atoms in total. The Morgan fingerprint density at radius 2 is 1.82 bits per heavy atom. The summed E-state index contributed by atoms with van der Waals surface area (Å²) in [6, 6.07) is 16.3. The number of halogens is 1. The maximum absolute atomic E-state index is 6.20. The van der Waals surface area contributed by atoms with Crippen LogP contribution in [-0.4, -0.2) is 39.5 Å². The second kappa shape index (κ2) is 8.46. The third-order valence-electron chi connectivity index (χ3n) is 6.10. The summed E-state index contributed by atoms with van der Waals surface area (Å²) in [5, 5.41) is 15.9. The molecule has 33 heavy (non-hydrogen) atoms. The van der Waals surface area contributed by atoms with Gasteiger partial charge in [-0.1, -0.05) is 60.7 Å². The van der Waals surface area contributed by atoms with E-state index < -0.39 is 8.07 Å². The van der Waals surface area contributed by atoms with Crippen molar-refractivity contribution >= 4 is 25.0 Å². The first-order valence-corrected chi connectivity index (χ1v) is 15.2. The molecule has 0 spiro atoms. The van der Waals surface area contributed by atoms with Crippen LogP contribution in [-0.2, 0) is 12.8 Å². The second-order valence-electron chi connectivity index (χ2n) is 9.49. The minimum atomic E-state index is -1.50. The molecule has 0 radical (unpaired) electrons. The molecule has 2 aromatic carbocycles. The summed E-state index contributed by atoms with van der Waals surface area (Å²) in [6.07, 6.45) is 3.83. The molecule has 0 saturated carbocycles. The van der Waals surface area contributed by atoms with Crippen LogP contribution in [0.3, 0.4) is 0 Å². The van der Waals surface area contributed by atoms with Gasteiger partial charge in [-0.2, -0.15) is 5.10 Å². The Kier molecular flexibility index (Phi) is 5.62. The monoisotopic (exact) mass is 477 g/mol. The summed E-state index contributed by atoms with van der Waals surface area (Å²) in [4.78, 5) is 0. The van der Waals surface area contributed by atoms with E-state index in [0.29, 0.717) is 6.61 Å². The number of hydrogen-bond acceptors (Lipinski definition) is 4. The number of benzene rings is 2. The molecule has 2 heterocycles. The van der Waals surface area contributed by atoms with Crippen LogP contribution in [0.25, 0.3) is 16.9 Å². The Morgan fingerprint density at radius 3 is 2.52 bits per heavy atom. The van der Waals surface area contributed by atoms with Crippen LogP contribution in [0.15, 0.2) is 54.7 Å². The minimum absolute atomic E-state index is 0.225. The van der Waals surface area contributed by atoms with Gasteiger partial charge in [-0.3, -0.25) is 0 Å². The zero-order valence-corrected chi connectivity index (χ0v) is 21.2. The third kappa shape index (κ3) is 4.11. The maximum Gasteiger partial charge on any atom is 0.144 e. The van der Waals surface area contributed by atoms with Crippen molar-refractivity contribution in [2.45, 2.75) is 45.4 Å². The highest BCUT2D eigenvalue weighted by molar-refractivity contribution is 6.88. The van der Waals surface area contributed by atoms with Gasteiger partial charge in [0.1, 0.15) is 19.5 Å². The predicted molar refractivity (Wildman–Crippen MR) is 135 cm³/mol. The number of nitrogens with zero attached hydrogens (tertiary/aromatic N) is 5. The molecule has 1 aliphatic rings. The third-order valence-corrected chi connectivity index (χ3v) is 8.12. The lowest BCUT2D eigenvalue weighted by atomic mass is 10.1. The zero-order chi connectivity index (χ0) is 23.2. The quantitative estimate of drug-likeness (QED) is 0.364. The van der Waals surface area contributed by atoms with E-state index in [1.54, 1.807) is 0 Å². The Morgan fingerprint density at radius 1 is 1.06 bits per heavy atom. The van der Waals surface area contributed by atoms with Crippen LogP contribution in [0.1, 0.15) is 24.2 Å². The van der Waals surface area contributed by atoms with Crippen molar-refractivity contribution in [3.63, 3.8) is 0 Å². The number of fused-ring (bicyclic) bond motifs is 1. The Labute approximate surface area is 200 Å². The Balaban J connectivity index is 1.59. The molecule has 1 atom stereocenters. The zero-order valence-electron chi connectivity index (χ0n) is 19.4. The summed E-state index contributed by atoms with van der Waals surface area (Å²) >= 11 is 6.20. The van der Waals surface area contributed by atoms with E-state index in [0.717, 1.165) is 51.6 Å². The molecule has 0 saturated heterocycles. The largest absolute Gasteiger partial charge is 0.492 e. The normalized spacial score (nSPS) is 15.6. The Bertz CT molecular complexity index is 1290. The number of aromatic nitrogens is 5. The predicted octanol–water partition coefficient (Wildman–Crippen LogP) is 5.07. The molecule has 4 aromatic rings. The lowest BCUT2D eigenvalue weighted by Crippen LogP contribution is -2.38. The molecule has 0 amide bonds. The van der Waals surface area contributed by atoms with E-state index in [9.17, 15) is 0 Å². The topological polar surface area (TPSA) is 57.8 Å². The smallest absolute Gasteiger partial charge is 0.144 e. The maximum atomic E-state index is 6.20. The lowest BCUT2D eigenvalue weighted by molar-refractivity contribution is 0.338. The molecular formula is C25H28ClN5OSi. The standard InChI is InChI=1S/C25H28ClN5OSi/c1-5-32-23-9-7-6-8-22(23)31-25(17-10-12-18(26)13-11-17)20-14-19(15-21(20)28-31)30-16-24(27-29-30)33(2,3)4/h6-13,16,19H,5,14-15H2,1-4H3. The van der Waals surface area contributed by atoms with Crippen LogP contribution in [0.2, 0.25) is 24.7 Å². The van der Waals surface area contributed by atoms with Gasteiger partial charge in [-0.05, 0) is 37.6 Å². The molecule has 170 valence electrons. The van der Waals surface area contributed by atoms with E-state index >= 15 is 0 Å². The fourth-order valence-electron chi connectivity index (χ4n) is 4.38. The van der Waals surface area contributed by atoms with E-state index in [-0.39, 0.29) is 6.04 Å². The average molecular weight is 478 g/mol. The first kappa shape index (κ1) is 21.9. The number of rotatable bonds is 6. The first-order valence-electron chi connectivity index (χ1n) is 11.4. The fourth-order valence-corrected chi connectivity index (χ4v) is 5.37. The molecule has 0 N–H and O–H groups in total. The highest BCUT2D eigenvalue weighted by atomic mass is 35.5. The van der Waals surface area contributed by atoms with E-state index in [4.69, 9.17) is 21.4 Å². The highest BCUT2D eigenvalue weighted by Gasteiger charge is 2.33. The van der Waals surface area contributed by atoms with Crippen molar-refractivity contribution in [3.05, 3.63) is 71.0 Å². The van der Waals surface area contributed by atoms with Crippen LogP contribution in [0.5, 0.6) is 5.75 Å². The van der Waals surface area contributed by atoms with Gasteiger partial charge in [0, 0.05) is 28.8 Å². The molecular weight excluding hydrogens is 450 g/mol. The SMILES string of the molecule is CCOc1ccccc1-n1nc2c(c1-c1ccc(Cl)cc1)CC(n1cc([Si](C)(C)C)nn1)C2. The molecule has 1 unspecified atom stereocenters. The van der Waals surface area contributed by atoms with E-state index in [1.807, 2.05) is 46.6 Å². The fraction of sp³-hybridized carbons (Fsp3) is 0.320. The van der Waals surface area contributed by atoms with Gasteiger partial charge in [0.25, 0.3) is 0 Å². The van der Waals surface area contributed by atoms with Gasteiger partial charge in [0.15, 0.2) is 0 Å². The van der Waals surface area contributed by atoms with Crippen LogP contribution < -0.4 is 10.1 Å². The number of para-hydroxylation sites is 2. The molecule has 1 aliphatic carbocycles. The number of ether oxygens (including phenoxy) is 1. The van der Waals surface area contributed by atoms with Crippen LogP contribution >= 0.6 is 11.6 Å². The highest BCUT2D eigenvalue weighted by Crippen LogP contribution is 2.39. The first-order chi connectivity index (χ1) is 15.8. The van der Waals surface area contributed by atoms with Crippen molar-refractivity contribution in [3.8, 4) is 22.7 Å². The van der Waals surface area contributed by atoms with Gasteiger partial charge in [-0.25, -0.2) is 9.36 Å². The average Bonchev–Trinajstić information content (AvgIpc) is 3.49. The van der Waals surface area contributed by atoms with Gasteiger partial charge in [0.05, 0.1) is 29.4 Å². The molecule has 0 aliphatic heterocycles. The van der Waals surface area contributed by atoms with Crippen LogP contribution in [0, 0.1) is 0 Å². The molecule has 5 rings (SSSR count). The van der Waals surface area contributed by atoms with E-state index in [2.05, 4.69) is 54.3 Å². The summed E-state index contributed by atoms with van der Waals surface area (Å²) < 4.78 is 10.00. The molecule has 8 heteroatoms. The summed E-state index contributed by atoms with van der Waals surface area (Å²) in [5.74, 6) is 0.823. The summed E-state index contributed by atoms with van der Waals surface area (Å²) in [5.41, 5.74) is 5.46. The van der Waals surface area contributed by atoms with Crippen molar-refractivity contribution in [2.24, 2.45) is 0 Å². The minimum Gasteiger partial charge on any atom is -0.492 e. The number of hydrogen-bond donors (Lipinski definition) is 0. The van der Waals surface area contributed by atoms with Gasteiger partial charge < -0.3 is 4.74 Å². The van der Waals surface area contributed by atoms with Crippen molar-refractivity contribution in [1.82, 2.24) is 24.8 Å².